The van der Waals surface area contributed by atoms with Gasteiger partial charge in [0.2, 0.25) is 5.88 Å². The van der Waals surface area contributed by atoms with Crippen LogP contribution in [0.2, 0.25) is 0 Å². The quantitative estimate of drug-likeness (QED) is 0.251. The van der Waals surface area contributed by atoms with E-state index in [1.807, 2.05) is 43.3 Å². The number of ether oxygens (including phenoxy) is 2. The van der Waals surface area contributed by atoms with Crippen molar-refractivity contribution in [3.8, 4) is 28.7 Å². The topological polar surface area (TPSA) is 89.7 Å². The monoisotopic (exact) mass is 574 g/mol. The molecule has 2 aliphatic rings. The Bertz CT molecular complexity index is 1640. The number of halogens is 2. The van der Waals surface area contributed by atoms with Crippen molar-refractivity contribution in [2.75, 3.05) is 19.7 Å². The lowest BCUT2D eigenvalue weighted by Crippen LogP contribution is -2.33. The smallest absolute Gasteiger partial charge is 0.342 e. The molecule has 1 atom stereocenters. The van der Waals surface area contributed by atoms with E-state index in [0.717, 1.165) is 29.7 Å². The number of aromatic nitrogens is 3. The molecule has 4 aromatic rings. The number of hydrogen-bond acceptors (Lipinski definition) is 6. The van der Waals surface area contributed by atoms with Crippen LogP contribution in [-0.2, 0) is 19.6 Å². The van der Waals surface area contributed by atoms with Gasteiger partial charge in [-0.2, -0.15) is 9.78 Å². The molecule has 6 rings (SSSR count). The fraction of sp³-hybridized carbons (Fsp3) is 0.344. The van der Waals surface area contributed by atoms with Gasteiger partial charge in [-0.1, -0.05) is 36.4 Å². The summed E-state index contributed by atoms with van der Waals surface area (Å²) in [4.78, 5) is 18.6. The van der Waals surface area contributed by atoms with Crippen molar-refractivity contribution in [2.24, 2.45) is 5.92 Å². The number of para-hydroxylation sites is 1. The lowest BCUT2D eigenvalue weighted by atomic mass is 9.97. The van der Waals surface area contributed by atoms with E-state index in [9.17, 15) is 18.7 Å². The fourth-order valence-electron chi connectivity index (χ4n) is 5.50. The number of aryl methyl sites for hydroxylation is 1. The van der Waals surface area contributed by atoms with E-state index in [0.29, 0.717) is 37.0 Å². The van der Waals surface area contributed by atoms with Crippen LogP contribution in [0.1, 0.15) is 46.0 Å². The lowest BCUT2D eigenvalue weighted by molar-refractivity contribution is 0.0691. The van der Waals surface area contributed by atoms with Gasteiger partial charge in [0.15, 0.2) is 5.82 Å². The number of alkyl halides is 2. The zero-order chi connectivity index (χ0) is 29.4. The molecule has 3 heterocycles. The SMILES string of the molecule is CCOc1c(C(=O)O)cnn1-c1cccc(-c2cccc(C)c2OCc2ccc3c(c2)CCN(CC2CC2(F)F)C3)n1. The van der Waals surface area contributed by atoms with Crippen LogP contribution >= 0.6 is 0 Å². The van der Waals surface area contributed by atoms with Crippen molar-refractivity contribution in [2.45, 2.75) is 45.8 Å². The molecule has 10 heteroatoms. The molecule has 0 bridgehead atoms. The number of carbonyl (C=O) groups is 1. The summed E-state index contributed by atoms with van der Waals surface area (Å²) in [5.74, 6) is -2.87. The van der Waals surface area contributed by atoms with Crippen molar-refractivity contribution in [1.82, 2.24) is 19.7 Å². The van der Waals surface area contributed by atoms with Crippen molar-refractivity contribution < 1.29 is 28.2 Å². The number of nitrogens with zero attached hydrogens (tertiary/aromatic N) is 4. The van der Waals surface area contributed by atoms with Crippen molar-refractivity contribution >= 4 is 5.97 Å². The predicted octanol–water partition coefficient (Wildman–Crippen LogP) is 5.93. The Labute approximate surface area is 242 Å². The molecule has 1 fully saturated rings. The second-order valence-electron chi connectivity index (χ2n) is 10.9. The van der Waals surface area contributed by atoms with E-state index in [2.05, 4.69) is 22.1 Å². The van der Waals surface area contributed by atoms with Crippen LogP contribution in [0.3, 0.4) is 0 Å². The molecule has 1 aliphatic carbocycles. The molecule has 2 aromatic heterocycles. The molecule has 218 valence electrons. The Morgan fingerprint density at radius 1 is 1.12 bits per heavy atom. The molecule has 0 saturated heterocycles. The molecule has 2 aromatic carbocycles. The molecule has 1 aliphatic heterocycles. The summed E-state index contributed by atoms with van der Waals surface area (Å²) >= 11 is 0. The maximum atomic E-state index is 13.4. The average Bonchev–Trinajstić information content (AvgIpc) is 3.35. The van der Waals surface area contributed by atoms with Crippen LogP contribution in [0.25, 0.3) is 17.1 Å². The second kappa shape index (κ2) is 11.2. The van der Waals surface area contributed by atoms with Gasteiger partial charge >= 0.3 is 5.97 Å². The molecular formula is C32H32F2N4O4. The molecule has 0 radical (unpaired) electrons. The highest BCUT2D eigenvalue weighted by Crippen LogP contribution is 2.49. The average molecular weight is 575 g/mol. The van der Waals surface area contributed by atoms with Crippen molar-refractivity contribution in [3.63, 3.8) is 0 Å². The Morgan fingerprint density at radius 2 is 1.93 bits per heavy atom. The van der Waals surface area contributed by atoms with Gasteiger partial charge in [0, 0.05) is 37.5 Å². The Morgan fingerprint density at radius 3 is 2.69 bits per heavy atom. The number of pyridine rings is 1. The number of benzene rings is 2. The van der Waals surface area contributed by atoms with Crippen LogP contribution in [0.5, 0.6) is 11.6 Å². The molecular weight excluding hydrogens is 542 g/mol. The van der Waals surface area contributed by atoms with E-state index in [1.54, 1.807) is 13.0 Å². The summed E-state index contributed by atoms with van der Waals surface area (Å²) < 4.78 is 40.1. The first-order valence-corrected chi connectivity index (χ1v) is 14.1. The molecule has 0 spiro atoms. The zero-order valence-electron chi connectivity index (χ0n) is 23.5. The van der Waals surface area contributed by atoms with Crippen LogP contribution in [0.4, 0.5) is 8.78 Å². The first kappa shape index (κ1) is 27.8. The van der Waals surface area contributed by atoms with Gasteiger partial charge in [0.05, 0.1) is 18.5 Å². The Kier molecular flexibility index (Phi) is 7.40. The first-order chi connectivity index (χ1) is 20.2. The van der Waals surface area contributed by atoms with Gasteiger partial charge in [-0.25, -0.2) is 18.6 Å². The third kappa shape index (κ3) is 5.59. The largest absolute Gasteiger partial charge is 0.488 e. The first-order valence-electron chi connectivity index (χ1n) is 14.1. The van der Waals surface area contributed by atoms with Gasteiger partial charge in [-0.05, 0) is 60.7 Å². The predicted molar refractivity (Wildman–Crippen MR) is 152 cm³/mol. The van der Waals surface area contributed by atoms with Gasteiger partial charge in [0.25, 0.3) is 5.92 Å². The van der Waals surface area contributed by atoms with E-state index in [-0.39, 0.29) is 24.5 Å². The van der Waals surface area contributed by atoms with Crippen molar-refractivity contribution in [3.05, 3.63) is 88.6 Å². The summed E-state index contributed by atoms with van der Waals surface area (Å²) in [6, 6.07) is 17.6. The maximum absolute atomic E-state index is 13.4. The van der Waals surface area contributed by atoms with Gasteiger partial charge in [-0.3, -0.25) is 4.90 Å². The summed E-state index contributed by atoms with van der Waals surface area (Å²) in [5, 5.41) is 13.8. The van der Waals surface area contributed by atoms with Gasteiger partial charge in [0.1, 0.15) is 17.9 Å². The van der Waals surface area contributed by atoms with E-state index < -0.39 is 17.8 Å². The lowest BCUT2D eigenvalue weighted by Gasteiger charge is -2.29. The van der Waals surface area contributed by atoms with Gasteiger partial charge in [-0.15, -0.1) is 0 Å². The van der Waals surface area contributed by atoms with Crippen LogP contribution < -0.4 is 9.47 Å². The third-order valence-corrected chi connectivity index (χ3v) is 7.86. The number of fused-ring (bicyclic) bond motifs is 1. The molecule has 1 saturated carbocycles. The summed E-state index contributed by atoms with van der Waals surface area (Å²) in [6.45, 7) is 6.33. The minimum Gasteiger partial charge on any atom is -0.488 e. The van der Waals surface area contributed by atoms with Crippen LogP contribution in [0, 0.1) is 12.8 Å². The molecule has 42 heavy (non-hydrogen) atoms. The zero-order valence-corrected chi connectivity index (χ0v) is 23.5. The molecule has 0 amide bonds. The number of hydrogen-bond donors (Lipinski definition) is 1. The molecule has 1 unspecified atom stereocenters. The minimum atomic E-state index is -2.48. The number of carboxylic acid groups (broad SMARTS) is 1. The van der Waals surface area contributed by atoms with Crippen LogP contribution in [0.15, 0.2) is 60.8 Å². The van der Waals surface area contributed by atoms with Gasteiger partial charge < -0.3 is 14.6 Å². The third-order valence-electron chi connectivity index (χ3n) is 7.86. The molecule has 1 N–H and O–H groups in total. The molecule has 8 nitrogen and oxygen atoms in total. The Balaban J connectivity index is 1.21. The van der Waals surface area contributed by atoms with E-state index in [4.69, 9.17) is 14.5 Å². The standard InChI is InChI=1S/C32H32F2N4O4/c1-3-41-30-26(31(39)40)16-35-38(30)28-9-5-8-27(36-28)25-7-4-6-20(2)29(25)42-19-21-10-11-23-17-37(13-12-22(23)14-21)18-24-15-32(24,33)34/h4-11,14,16,24H,3,12-13,15,17-19H2,1-2H3,(H,39,40). The van der Waals surface area contributed by atoms with Crippen molar-refractivity contribution in [1.29, 1.82) is 0 Å². The fourth-order valence-corrected chi connectivity index (χ4v) is 5.50. The number of aromatic carboxylic acids is 1. The minimum absolute atomic E-state index is 0.0105. The van der Waals surface area contributed by atoms with Crippen LogP contribution in [-0.4, -0.2) is 56.4 Å². The number of carboxylic acids is 1. The number of rotatable bonds is 10. The highest BCUT2D eigenvalue weighted by Gasteiger charge is 2.57. The summed E-state index contributed by atoms with van der Waals surface area (Å²) in [5.41, 5.74) is 5.81. The highest BCUT2D eigenvalue weighted by molar-refractivity contribution is 5.90. The highest BCUT2D eigenvalue weighted by atomic mass is 19.3. The van der Waals surface area contributed by atoms with E-state index >= 15 is 0 Å². The van der Waals surface area contributed by atoms with E-state index in [1.165, 1.54) is 22.0 Å². The summed E-state index contributed by atoms with van der Waals surface area (Å²) in [6.07, 6.45) is 2.09. The second-order valence-corrected chi connectivity index (χ2v) is 10.9. The maximum Gasteiger partial charge on any atom is 0.342 e. The normalized spacial score (nSPS) is 17.5. The summed E-state index contributed by atoms with van der Waals surface area (Å²) in [7, 11) is 0. The Hall–Kier alpha value is -4.31.